The average molecular weight is 361 g/mol. The third-order valence-corrected chi connectivity index (χ3v) is 7.56. The molecule has 0 radical (unpaired) electrons. The number of benzene rings is 2. The van der Waals surface area contributed by atoms with Gasteiger partial charge in [-0.05, 0) is 29.8 Å². The van der Waals surface area contributed by atoms with Crippen molar-refractivity contribution < 1.29 is 23.0 Å². The molecule has 1 heterocycles. The summed E-state index contributed by atoms with van der Waals surface area (Å²) in [5, 5.41) is 9.20. The second kappa shape index (κ2) is 5.72. The van der Waals surface area contributed by atoms with E-state index in [1.165, 1.54) is 0 Å². The van der Waals surface area contributed by atoms with Crippen LogP contribution in [0.2, 0.25) is 0 Å². The molecule has 3 atom stereocenters. The van der Waals surface area contributed by atoms with Crippen molar-refractivity contribution in [2.24, 2.45) is 11.1 Å². The minimum atomic E-state index is -3.62. The van der Waals surface area contributed by atoms with Gasteiger partial charge in [0.1, 0.15) is 0 Å². The van der Waals surface area contributed by atoms with E-state index in [0.717, 1.165) is 5.56 Å². The SMILES string of the molecule is NC[C@@]1(CO)[C@@H](c2ccc3c(c2)OCO3)[C@@H]1S(=O)(=O)c1ccccc1. The maximum Gasteiger partial charge on any atom is 0.231 e. The van der Waals surface area contributed by atoms with Crippen molar-refractivity contribution in [1.29, 1.82) is 0 Å². The second-order valence-electron chi connectivity index (χ2n) is 6.46. The molecule has 1 aliphatic carbocycles. The normalized spacial score (nSPS) is 27.3. The Morgan fingerprint density at radius 3 is 2.52 bits per heavy atom. The van der Waals surface area contributed by atoms with Crippen molar-refractivity contribution in [2.75, 3.05) is 19.9 Å². The van der Waals surface area contributed by atoms with Crippen LogP contribution < -0.4 is 15.2 Å². The third kappa shape index (κ3) is 2.34. The summed E-state index contributed by atoms with van der Waals surface area (Å²) >= 11 is 0. The Balaban J connectivity index is 1.77. The van der Waals surface area contributed by atoms with E-state index in [2.05, 4.69) is 0 Å². The minimum absolute atomic E-state index is 0.0827. The topological polar surface area (TPSA) is 98.8 Å². The van der Waals surface area contributed by atoms with Crippen molar-refractivity contribution in [2.45, 2.75) is 16.1 Å². The van der Waals surface area contributed by atoms with Crippen LogP contribution in [0.3, 0.4) is 0 Å². The molecule has 2 aromatic carbocycles. The highest BCUT2D eigenvalue weighted by atomic mass is 32.2. The molecule has 2 aromatic rings. The Morgan fingerprint density at radius 1 is 1.12 bits per heavy atom. The number of aliphatic hydroxyl groups is 1. The van der Waals surface area contributed by atoms with Crippen LogP contribution in [0, 0.1) is 5.41 Å². The van der Waals surface area contributed by atoms with Gasteiger partial charge in [0.05, 0.1) is 16.8 Å². The van der Waals surface area contributed by atoms with E-state index in [-0.39, 0.29) is 30.8 Å². The standard InChI is InChI=1S/C18H19NO5S/c19-9-18(10-20)16(12-6-7-14-15(8-12)24-11-23-14)17(18)25(21,22)13-4-2-1-3-5-13/h1-8,16-17,20H,9-11,19H2/t16-,17-,18+/m0/s1. The molecule has 1 saturated carbocycles. The number of aliphatic hydroxyl groups excluding tert-OH is 1. The molecule has 25 heavy (non-hydrogen) atoms. The smallest absolute Gasteiger partial charge is 0.231 e. The Bertz CT molecular complexity index is 893. The number of hydrogen-bond donors (Lipinski definition) is 2. The molecule has 2 aliphatic rings. The van der Waals surface area contributed by atoms with Crippen LogP contribution in [0.25, 0.3) is 0 Å². The molecule has 7 heteroatoms. The van der Waals surface area contributed by atoms with Gasteiger partial charge < -0.3 is 20.3 Å². The van der Waals surface area contributed by atoms with Gasteiger partial charge in [-0.3, -0.25) is 0 Å². The Morgan fingerprint density at radius 2 is 1.84 bits per heavy atom. The molecule has 1 aliphatic heterocycles. The van der Waals surface area contributed by atoms with Crippen molar-refractivity contribution in [3.63, 3.8) is 0 Å². The molecule has 0 unspecified atom stereocenters. The lowest BCUT2D eigenvalue weighted by Crippen LogP contribution is -2.27. The number of rotatable bonds is 5. The van der Waals surface area contributed by atoms with E-state index in [1.807, 2.05) is 6.07 Å². The van der Waals surface area contributed by atoms with Gasteiger partial charge in [0, 0.05) is 17.9 Å². The molecule has 0 bridgehead atoms. The first kappa shape index (κ1) is 16.4. The van der Waals surface area contributed by atoms with Crippen LogP contribution in [0.15, 0.2) is 53.4 Å². The van der Waals surface area contributed by atoms with E-state index in [1.54, 1.807) is 42.5 Å². The summed E-state index contributed by atoms with van der Waals surface area (Å²) in [6.07, 6.45) is 0. The van der Waals surface area contributed by atoms with Gasteiger partial charge in [0.25, 0.3) is 0 Å². The quantitative estimate of drug-likeness (QED) is 0.833. The van der Waals surface area contributed by atoms with Crippen LogP contribution in [0.5, 0.6) is 11.5 Å². The van der Waals surface area contributed by atoms with Gasteiger partial charge in [0.2, 0.25) is 6.79 Å². The zero-order valence-electron chi connectivity index (χ0n) is 13.5. The molecule has 0 saturated heterocycles. The summed E-state index contributed by atoms with van der Waals surface area (Å²) < 4.78 is 36.9. The first-order valence-corrected chi connectivity index (χ1v) is 9.58. The highest BCUT2D eigenvalue weighted by Gasteiger charge is 2.70. The van der Waals surface area contributed by atoms with Crippen LogP contribution >= 0.6 is 0 Å². The molecule has 6 nitrogen and oxygen atoms in total. The molecular weight excluding hydrogens is 342 g/mol. The Kier molecular flexibility index (Phi) is 3.75. The van der Waals surface area contributed by atoms with E-state index in [4.69, 9.17) is 15.2 Å². The minimum Gasteiger partial charge on any atom is -0.454 e. The monoisotopic (exact) mass is 361 g/mol. The van der Waals surface area contributed by atoms with Gasteiger partial charge in [-0.25, -0.2) is 8.42 Å². The predicted octanol–water partition coefficient (Wildman–Crippen LogP) is 1.29. The lowest BCUT2D eigenvalue weighted by Gasteiger charge is -2.12. The summed E-state index contributed by atoms with van der Waals surface area (Å²) in [6.45, 7) is -0.0596. The fraction of sp³-hybridized carbons (Fsp3) is 0.333. The van der Waals surface area contributed by atoms with Crippen molar-refractivity contribution in [3.8, 4) is 11.5 Å². The van der Waals surface area contributed by atoms with Crippen molar-refractivity contribution in [3.05, 3.63) is 54.1 Å². The third-order valence-electron chi connectivity index (χ3n) is 5.22. The van der Waals surface area contributed by atoms with Gasteiger partial charge in [-0.15, -0.1) is 0 Å². The van der Waals surface area contributed by atoms with Gasteiger partial charge in [-0.2, -0.15) is 0 Å². The molecule has 0 aromatic heterocycles. The fourth-order valence-electron chi connectivity index (χ4n) is 3.81. The zero-order chi connectivity index (χ0) is 17.7. The van der Waals surface area contributed by atoms with Crippen LogP contribution in [-0.2, 0) is 9.84 Å². The van der Waals surface area contributed by atoms with Gasteiger partial charge in [0.15, 0.2) is 21.3 Å². The van der Waals surface area contributed by atoms with Crippen molar-refractivity contribution in [1.82, 2.24) is 0 Å². The van der Waals surface area contributed by atoms with E-state index in [0.29, 0.717) is 11.5 Å². The first-order chi connectivity index (χ1) is 12.0. The first-order valence-electron chi connectivity index (χ1n) is 8.04. The van der Waals surface area contributed by atoms with Crippen molar-refractivity contribution >= 4 is 9.84 Å². The summed E-state index contributed by atoms with van der Waals surface area (Å²) in [7, 11) is -3.62. The lowest BCUT2D eigenvalue weighted by molar-refractivity contribution is 0.174. The van der Waals surface area contributed by atoms with E-state index >= 15 is 0 Å². The maximum absolute atomic E-state index is 13.1. The fourth-order valence-corrected chi connectivity index (χ4v) is 6.28. The summed E-state index contributed by atoms with van der Waals surface area (Å²) in [5.41, 5.74) is 5.80. The highest BCUT2D eigenvalue weighted by Crippen LogP contribution is 2.63. The highest BCUT2D eigenvalue weighted by molar-refractivity contribution is 7.92. The van der Waals surface area contributed by atoms with E-state index < -0.39 is 20.5 Å². The number of fused-ring (bicyclic) bond motifs is 1. The largest absolute Gasteiger partial charge is 0.454 e. The van der Waals surface area contributed by atoms with Crippen LogP contribution in [0.1, 0.15) is 11.5 Å². The molecule has 0 amide bonds. The molecular formula is C18H19NO5S. The summed E-state index contributed by atoms with van der Waals surface area (Å²) in [4.78, 5) is 0.245. The molecule has 1 fully saturated rings. The van der Waals surface area contributed by atoms with Gasteiger partial charge >= 0.3 is 0 Å². The number of ether oxygens (including phenoxy) is 2. The van der Waals surface area contributed by atoms with Crippen LogP contribution in [-0.4, -0.2) is 38.7 Å². The lowest BCUT2D eigenvalue weighted by atomic mass is 10.00. The average Bonchev–Trinajstić information content (AvgIpc) is 3.12. The molecule has 132 valence electrons. The number of nitrogens with two attached hydrogens (primary N) is 1. The number of hydrogen-bond acceptors (Lipinski definition) is 6. The van der Waals surface area contributed by atoms with Gasteiger partial charge in [-0.1, -0.05) is 24.3 Å². The van der Waals surface area contributed by atoms with E-state index in [9.17, 15) is 13.5 Å². The summed E-state index contributed by atoms with van der Waals surface area (Å²) in [6, 6.07) is 13.7. The Labute approximate surface area is 146 Å². The molecule has 0 spiro atoms. The molecule has 3 N–H and O–H groups in total. The number of sulfone groups is 1. The molecule has 4 rings (SSSR count). The maximum atomic E-state index is 13.1. The summed E-state index contributed by atoms with van der Waals surface area (Å²) in [5.74, 6) is 0.834. The predicted molar refractivity (Wildman–Crippen MR) is 91.3 cm³/mol. The van der Waals surface area contributed by atoms with Crippen LogP contribution in [0.4, 0.5) is 0 Å². The zero-order valence-corrected chi connectivity index (χ0v) is 14.3. The second-order valence-corrected chi connectivity index (χ2v) is 8.53. The Hall–Kier alpha value is -2.09.